The maximum atomic E-state index is 12.6. The molecule has 0 saturated heterocycles. The van der Waals surface area contributed by atoms with Gasteiger partial charge in [0.25, 0.3) is 0 Å². The van der Waals surface area contributed by atoms with Crippen molar-refractivity contribution in [2.24, 2.45) is 0 Å². The number of carbonyl (C=O) groups is 1. The number of carbonyl (C=O) groups excluding carboxylic acids is 1. The van der Waals surface area contributed by atoms with Crippen LogP contribution in [0.4, 0.5) is 5.69 Å². The van der Waals surface area contributed by atoms with Crippen molar-refractivity contribution in [1.29, 1.82) is 0 Å². The maximum Gasteiger partial charge on any atom is 0.248 e. The van der Waals surface area contributed by atoms with Crippen LogP contribution in [0.2, 0.25) is 0 Å². The van der Waals surface area contributed by atoms with Crippen LogP contribution in [0.25, 0.3) is 10.8 Å². The van der Waals surface area contributed by atoms with Crippen molar-refractivity contribution in [3.8, 4) is 0 Å². The number of aromatic nitrogens is 2. The molecule has 1 heterocycles. The molecule has 0 saturated carbocycles. The first-order valence-electron chi connectivity index (χ1n) is 7.15. The van der Waals surface area contributed by atoms with Crippen LogP contribution < -0.4 is 4.90 Å². The van der Waals surface area contributed by atoms with E-state index in [4.69, 9.17) is 0 Å². The Hall–Kier alpha value is -2.14. The number of likely N-dealkylation sites (N-methyl/N-ethyl adjacent to an activating group) is 1. The Morgan fingerprint density at radius 2 is 2.00 bits per heavy atom. The molecule has 3 rings (SSSR count). The van der Waals surface area contributed by atoms with E-state index in [9.17, 15) is 4.79 Å². The van der Waals surface area contributed by atoms with Gasteiger partial charge < -0.3 is 4.90 Å². The van der Waals surface area contributed by atoms with Gasteiger partial charge in [0.1, 0.15) is 6.54 Å². The molecule has 0 N–H and O–H groups in total. The molecule has 5 heteroatoms. The van der Waals surface area contributed by atoms with E-state index >= 15 is 0 Å². The SMILES string of the molecule is CCN(C(=O)Cn1cc(Br)cn1)c1cccc2ccccc12. The first kappa shape index (κ1) is 14.8. The molecule has 0 fully saturated rings. The van der Waals surface area contributed by atoms with Crippen molar-refractivity contribution in [2.45, 2.75) is 13.5 Å². The highest BCUT2D eigenvalue weighted by atomic mass is 79.9. The van der Waals surface area contributed by atoms with Crippen LogP contribution >= 0.6 is 15.9 Å². The number of rotatable bonds is 4. The lowest BCUT2D eigenvalue weighted by atomic mass is 10.1. The second-order valence-corrected chi connectivity index (χ2v) is 5.91. The van der Waals surface area contributed by atoms with E-state index in [0.29, 0.717) is 6.54 Å². The lowest BCUT2D eigenvalue weighted by Gasteiger charge is -2.22. The maximum absolute atomic E-state index is 12.6. The van der Waals surface area contributed by atoms with Crippen LogP contribution in [0, 0.1) is 0 Å². The Kier molecular flexibility index (Phi) is 4.24. The lowest BCUT2D eigenvalue weighted by Crippen LogP contribution is -2.34. The van der Waals surface area contributed by atoms with Crippen molar-refractivity contribution < 1.29 is 4.79 Å². The van der Waals surface area contributed by atoms with Gasteiger partial charge in [0.05, 0.1) is 16.4 Å². The van der Waals surface area contributed by atoms with Crippen LogP contribution in [0.1, 0.15) is 6.92 Å². The second-order valence-electron chi connectivity index (χ2n) is 4.99. The van der Waals surface area contributed by atoms with Crippen molar-refractivity contribution in [2.75, 3.05) is 11.4 Å². The Labute approximate surface area is 137 Å². The molecule has 112 valence electrons. The molecule has 0 spiro atoms. The van der Waals surface area contributed by atoms with E-state index in [2.05, 4.69) is 33.2 Å². The van der Waals surface area contributed by atoms with E-state index in [1.807, 2.05) is 37.3 Å². The predicted octanol–water partition coefficient (Wildman–Crippen LogP) is 3.85. The third kappa shape index (κ3) is 2.90. The molecule has 0 aliphatic carbocycles. The molecule has 0 atom stereocenters. The van der Waals surface area contributed by atoms with Crippen molar-refractivity contribution in [3.63, 3.8) is 0 Å². The Bertz CT molecular complexity index is 807. The summed E-state index contributed by atoms with van der Waals surface area (Å²) < 4.78 is 2.51. The number of anilines is 1. The zero-order valence-corrected chi connectivity index (χ0v) is 13.8. The number of hydrogen-bond acceptors (Lipinski definition) is 2. The number of fused-ring (bicyclic) bond motifs is 1. The van der Waals surface area contributed by atoms with Gasteiger partial charge in [0, 0.05) is 18.1 Å². The number of amides is 1. The average Bonchev–Trinajstić information content (AvgIpc) is 2.93. The molecule has 1 aromatic heterocycles. The minimum Gasteiger partial charge on any atom is -0.310 e. The molecular formula is C17H16BrN3O. The lowest BCUT2D eigenvalue weighted by molar-refractivity contribution is -0.119. The number of halogens is 1. The summed E-state index contributed by atoms with van der Waals surface area (Å²) in [7, 11) is 0. The molecule has 3 aromatic rings. The molecule has 0 unspecified atom stereocenters. The highest BCUT2D eigenvalue weighted by Crippen LogP contribution is 2.26. The Morgan fingerprint density at radius 3 is 2.73 bits per heavy atom. The molecule has 0 aliphatic rings. The highest BCUT2D eigenvalue weighted by molar-refractivity contribution is 9.10. The van der Waals surface area contributed by atoms with Gasteiger partial charge in [-0.15, -0.1) is 0 Å². The van der Waals surface area contributed by atoms with E-state index in [-0.39, 0.29) is 12.5 Å². The topological polar surface area (TPSA) is 38.1 Å². The molecule has 2 aromatic carbocycles. The summed E-state index contributed by atoms with van der Waals surface area (Å²) in [6.07, 6.45) is 3.48. The van der Waals surface area contributed by atoms with Crippen LogP contribution in [-0.2, 0) is 11.3 Å². The molecule has 0 aliphatic heterocycles. The van der Waals surface area contributed by atoms with Crippen molar-refractivity contribution in [3.05, 3.63) is 59.3 Å². The third-order valence-electron chi connectivity index (χ3n) is 3.57. The predicted molar refractivity (Wildman–Crippen MR) is 91.9 cm³/mol. The molecule has 4 nitrogen and oxygen atoms in total. The summed E-state index contributed by atoms with van der Waals surface area (Å²) in [5, 5.41) is 6.37. The fourth-order valence-corrected chi connectivity index (χ4v) is 2.90. The number of benzene rings is 2. The van der Waals surface area contributed by atoms with Gasteiger partial charge >= 0.3 is 0 Å². The molecular weight excluding hydrogens is 342 g/mol. The third-order valence-corrected chi connectivity index (χ3v) is 3.98. The summed E-state index contributed by atoms with van der Waals surface area (Å²) in [6, 6.07) is 14.1. The standard InChI is InChI=1S/C17H16BrN3O/c1-2-21(17(22)12-20-11-14(18)10-19-20)16-9-5-7-13-6-3-4-8-15(13)16/h3-11H,2,12H2,1H3. The van der Waals surface area contributed by atoms with Crippen LogP contribution in [0.5, 0.6) is 0 Å². The van der Waals surface area contributed by atoms with Crippen molar-refractivity contribution >= 4 is 38.3 Å². The first-order chi connectivity index (χ1) is 10.7. The summed E-state index contributed by atoms with van der Waals surface area (Å²) >= 11 is 3.35. The minimum atomic E-state index is 0.0226. The number of nitrogens with zero attached hydrogens (tertiary/aromatic N) is 3. The molecule has 22 heavy (non-hydrogen) atoms. The molecule has 1 amide bonds. The Morgan fingerprint density at radius 1 is 1.23 bits per heavy atom. The van der Waals surface area contributed by atoms with Crippen LogP contribution in [0.3, 0.4) is 0 Å². The van der Waals surface area contributed by atoms with Gasteiger partial charge in [-0.2, -0.15) is 5.10 Å². The fraction of sp³-hybridized carbons (Fsp3) is 0.176. The van der Waals surface area contributed by atoms with Gasteiger partial charge in [-0.25, -0.2) is 0 Å². The van der Waals surface area contributed by atoms with Gasteiger partial charge in [-0.3, -0.25) is 9.48 Å². The van der Waals surface area contributed by atoms with E-state index < -0.39 is 0 Å². The highest BCUT2D eigenvalue weighted by Gasteiger charge is 2.16. The van der Waals surface area contributed by atoms with Crippen LogP contribution in [0.15, 0.2) is 59.3 Å². The smallest absolute Gasteiger partial charge is 0.248 e. The van der Waals surface area contributed by atoms with Gasteiger partial charge in [-0.1, -0.05) is 36.4 Å². The van der Waals surface area contributed by atoms with E-state index in [1.54, 1.807) is 22.0 Å². The summed E-state index contributed by atoms with van der Waals surface area (Å²) in [5.41, 5.74) is 0.942. The van der Waals surface area contributed by atoms with E-state index in [1.165, 1.54) is 0 Å². The summed E-state index contributed by atoms with van der Waals surface area (Å²) in [5.74, 6) is 0.0226. The zero-order valence-electron chi connectivity index (χ0n) is 12.2. The monoisotopic (exact) mass is 357 g/mol. The molecule has 0 radical (unpaired) electrons. The van der Waals surface area contributed by atoms with E-state index in [0.717, 1.165) is 20.9 Å². The first-order valence-corrected chi connectivity index (χ1v) is 7.94. The average molecular weight is 358 g/mol. The van der Waals surface area contributed by atoms with Gasteiger partial charge in [0.2, 0.25) is 5.91 Å². The summed E-state index contributed by atoms with van der Waals surface area (Å²) in [4.78, 5) is 14.5. The zero-order chi connectivity index (χ0) is 15.5. The largest absolute Gasteiger partial charge is 0.310 e. The number of hydrogen-bond donors (Lipinski definition) is 0. The fourth-order valence-electron chi connectivity index (χ4n) is 2.57. The van der Waals surface area contributed by atoms with Gasteiger partial charge in [-0.05, 0) is 34.3 Å². The quantitative estimate of drug-likeness (QED) is 0.711. The van der Waals surface area contributed by atoms with Crippen LogP contribution in [-0.4, -0.2) is 22.2 Å². The molecule has 0 bridgehead atoms. The van der Waals surface area contributed by atoms with Gasteiger partial charge in [0.15, 0.2) is 0 Å². The normalized spacial score (nSPS) is 10.8. The summed E-state index contributed by atoms with van der Waals surface area (Å²) in [6.45, 7) is 2.83. The second kappa shape index (κ2) is 6.32. The Balaban J connectivity index is 1.94. The minimum absolute atomic E-state index is 0.0226. The van der Waals surface area contributed by atoms with Crippen molar-refractivity contribution in [1.82, 2.24) is 9.78 Å².